The molecule has 0 aromatic rings. The van der Waals surface area contributed by atoms with Crippen LogP contribution in [0.4, 0.5) is 0 Å². The second-order valence-electron chi connectivity index (χ2n) is 4.53. The number of hydrogen-bond acceptors (Lipinski definition) is 3. The van der Waals surface area contributed by atoms with Gasteiger partial charge in [-0.15, -0.1) is 12.4 Å². The Labute approximate surface area is 104 Å². The van der Waals surface area contributed by atoms with Crippen LogP contribution in [0.15, 0.2) is 0 Å². The molecule has 1 saturated heterocycles. The van der Waals surface area contributed by atoms with E-state index in [1.54, 1.807) is 6.92 Å². The van der Waals surface area contributed by atoms with Crippen molar-refractivity contribution in [2.45, 2.75) is 51.1 Å². The number of ether oxygens (including phenoxy) is 1. The summed E-state index contributed by atoms with van der Waals surface area (Å²) in [6.45, 7) is 5.30. The van der Waals surface area contributed by atoms with Crippen molar-refractivity contribution in [1.82, 2.24) is 5.32 Å². The average Bonchev–Trinajstić information content (AvgIpc) is 2.19. The largest absolute Gasteiger partial charge is 0.381 e. The van der Waals surface area contributed by atoms with Crippen LogP contribution in [0.25, 0.3) is 0 Å². The van der Waals surface area contributed by atoms with Crippen molar-refractivity contribution in [3.63, 3.8) is 0 Å². The maximum absolute atomic E-state index is 11.8. The van der Waals surface area contributed by atoms with Gasteiger partial charge in [-0.2, -0.15) is 0 Å². The zero-order chi connectivity index (χ0) is 11.3. The van der Waals surface area contributed by atoms with E-state index in [0.717, 1.165) is 38.9 Å². The molecule has 1 atom stereocenters. The average molecular weight is 251 g/mol. The summed E-state index contributed by atoms with van der Waals surface area (Å²) >= 11 is 0. The Morgan fingerprint density at radius 1 is 1.50 bits per heavy atom. The summed E-state index contributed by atoms with van der Waals surface area (Å²) in [4.78, 5) is 11.8. The van der Waals surface area contributed by atoms with Crippen molar-refractivity contribution in [1.29, 1.82) is 0 Å². The number of hydrogen-bond donors (Lipinski definition) is 2. The summed E-state index contributed by atoms with van der Waals surface area (Å²) in [5.74, 6) is -0.0312. The molecule has 3 N–H and O–H groups in total. The highest BCUT2D eigenvalue weighted by Crippen LogP contribution is 2.12. The van der Waals surface area contributed by atoms with E-state index in [9.17, 15) is 4.79 Å². The molecule has 1 heterocycles. The van der Waals surface area contributed by atoms with Crippen LogP contribution < -0.4 is 11.1 Å². The molecule has 1 unspecified atom stereocenters. The lowest BCUT2D eigenvalue weighted by Gasteiger charge is -2.29. The molecule has 1 aliphatic heterocycles. The maximum Gasteiger partial charge on any atom is 0.240 e. The van der Waals surface area contributed by atoms with Crippen LogP contribution in [-0.2, 0) is 9.53 Å². The molecule has 4 nitrogen and oxygen atoms in total. The predicted molar refractivity (Wildman–Crippen MR) is 66.7 cm³/mol. The predicted octanol–water partition coefficient (Wildman–Crippen LogP) is 1.22. The molecule has 1 aliphatic rings. The number of rotatable bonds is 4. The summed E-state index contributed by atoms with van der Waals surface area (Å²) in [5.41, 5.74) is 5.22. The molecule has 1 rings (SSSR count). The van der Waals surface area contributed by atoms with Gasteiger partial charge in [0.1, 0.15) is 0 Å². The number of carbonyl (C=O) groups excluding carboxylic acids is 1. The second kappa shape index (κ2) is 7.09. The quantitative estimate of drug-likeness (QED) is 0.789. The van der Waals surface area contributed by atoms with Crippen molar-refractivity contribution in [3.05, 3.63) is 0 Å². The fourth-order valence-electron chi connectivity index (χ4n) is 1.83. The number of halogens is 1. The number of nitrogens with two attached hydrogens (primary N) is 1. The zero-order valence-corrected chi connectivity index (χ0v) is 10.9. The van der Waals surface area contributed by atoms with E-state index in [2.05, 4.69) is 5.32 Å². The fraction of sp³-hybridized carbons (Fsp3) is 0.909. The molecule has 0 spiro atoms. The highest BCUT2D eigenvalue weighted by molar-refractivity contribution is 5.86. The Balaban J connectivity index is 0.00000225. The third kappa shape index (κ3) is 4.68. The first-order valence-electron chi connectivity index (χ1n) is 5.74. The minimum atomic E-state index is -0.729. The van der Waals surface area contributed by atoms with Gasteiger partial charge in [0.25, 0.3) is 0 Å². The van der Waals surface area contributed by atoms with Crippen molar-refractivity contribution >= 4 is 18.3 Å². The van der Waals surface area contributed by atoms with Crippen molar-refractivity contribution in [2.75, 3.05) is 13.2 Å². The highest BCUT2D eigenvalue weighted by atomic mass is 35.5. The standard InChI is InChI=1S/C11H22N2O2.ClH/c1-3-6-11(2,12)10(14)13-9-4-7-15-8-5-9;/h9H,3-8,12H2,1-2H3,(H,13,14);1H. The van der Waals surface area contributed by atoms with Crippen LogP contribution in [0.2, 0.25) is 0 Å². The fourth-order valence-corrected chi connectivity index (χ4v) is 1.83. The van der Waals surface area contributed by atoms with E-state index in [1.165, 1.54) is 0 Å². The molecule has 1 fully saturated rings. The van der Waals surface area contributed by atoms with Crippen molar-refractivity contribution < 1.29 is 9.53 Å². The van der Waals surface area contributed by atoms with Gasteiger partial charge in [0, 0.05) is 19.3 Å². The van der Waals surface area contributed by atoms with Crippen LogP contribution >= 0.6 is 12.4 Å². The monoisotopic (exact) mass is 250 g/mol. The van der Waals surface area contributed by atoms with Gasteiger partial charge in [-0.1, -0.05) is 13.3 Å². The SMILES string of the molecule is CCCC(C)(N)C(=O)NC1CCOCC1.Cl. The molecule has 0 aromatic heterocycles. The third-order valence-corrected chi connectivity index (χ3v) is 2.84. The molecular formula is C11H23ClN2O2. The molecule has 0 radical (unpaired) electrons. The van der Waals surface area contributed by atoms with E-state index < -0.39 is 5.54 Å². The summed E-state index contributed by atoms with van der Waals surface area (Å²) in [7, 11) is 0. The Morgan fingerprint density at radius 2 is 2.06 bits per heavy atom. The number of nitrogens with one attached hydrogen (secondary N) is 1. The summed E-state index contributed by atoms with van der Waals surface area (Å²) < 4.78 is 5.23. The van der Waals surface area contributed by atoms with Crippen LogP contribution in [0.1, 0.15) is 39.5 Å². The topological polar surface area (TPSA) is 64.4 Å². The third-order valence-electron chi connectivity index (χ3n) is 2.84. The molecule has 16 heavy (non-hydrogen) atoms. The number of amides is 1. The van der Waals surface area contributed by atoms with Gasteiger partial charge in [0.05, 0.1) is 5.54 Å². The summed E-state index contributed by atoms with van der Waals surface area (Å²) in [6.07, 6.45) is 3.44. The minimum Gasteiger partial charge on any atom is -0.381 e. The van der Waals surface area contributed by atoms with Gasteiger partial charge < -0.3 is 15.8 Å². The second-order valence-corrected chi connectivity index (χ2v) is 4.53. The van der Waals surface area contributed by atoms with E-state index >= 15 is 0 Å². The van der Waals surface area contributed by atoms with Crippen molar-refractivity contribution in [3.8, 4) is 0 Å². The Bertz CT molecular complexity index is 216. The molecular weight excluding hydrogens is 228 g/mol. The lowest BCUT2D eigenvalue weighted by atomic mass is 9.95. The normalized spacial score (nSPS) is 20.7. The van der Waals surface area contributed by atoms with E-state index in [-0.39, 0.29) is 24.4 Å². The molecule has 0 saturated carbocycles. The first-order valence-corrected chi connectivity index (χ1v) is 5.74. The minimum absolute atomic E-state index is 0. The van der Waals surface area contributed by atoms with Gasteiger partial charge in [0.2, 0.25) is 5.91 Å². The van der Waals surface area contributed by atoms with E-state index in [1.807, 2.05) is 6.92 Å². The number of carbonyl (C=O) groups is 1. The maximum atomic E-state index is 11.8. The lowest BCUT2D eigenvalue weighted by molar-refractivity contribution is -0.127. The van der Waals surface area contributed by atoms with Crippen LogP contribution in [0.3, 0.4) is 0 Å². The summed E-state index contributed by atoms with van der Waals surface area (Å²) in [6, 6.07) is 0.242. The van der Waals surface area contributed by atoms with Gasteiger partial charge in [-0.25, -0.2) is 0 Å². The lowest BCUT2D eigenvalue weighted by Crippen LogP contribution is -2.54. The molecule has 0 aliphatic carbocycles. The van der Waals surface area contributed by atoms with E-state index in [4.69, 9.17) is 10.5 Å². The molecule has 0 bridgehead atoms. The molecule has 5 heteroatoms. The Hall–Kier alpha value is -0.320. The first kappa shape index (κ1) is 15.7. The van der Waals surface area contributed by atoms with E-state index in [0.29, 0.717) is 0 Å². The zero-order valence-electron chi connectivity index (χ0n) is 10.1. The Kier molecular flexibility index (Phi) is 6.95. The highest BCUT2D eigenvalue weighted by Gasteiger charge is 2.29. The van der Waals surface area contributed by atoms with Gasteiger partial charge in [-0.3, -0.25) is 4.79 Å². The van der Waals surface area contributed by atoms with Crippen LogP contribution in [0.5, 0.6) is 0 Å². The van der Waals surface area contributed by atoms with Gasteiger partial charge in [0.15, 0.2) is 0 Å². The van der Waals surface area contributed by atoms with Crippen LogP contribution in [-0.4, -0.2) is 30.7 Å². The van der Waals surface area contributed by atoms with Crippen LogP contribution in [0, 0.1) is 0 Å². The Morgan fingerprint density at radius 3 is 2.56 bits per heavy atom. The van der Waals surface area contributed by atoms with Gasteiger partial charge in [-0.05, 0) is 26.2 Å². The molecule has 1 amide bonds. The van der Waals surface area contributed by atoms with Gasteiger partial charge >= 0.3 is 0 Å². The molecule has 96 valence electrons. The molecule has 0 aromatic carbocycles. The van der Waals surface area contributed by atoms with Crippen molar-refractivity contribution in [2.24, 2.45) is 5.73 Å². The smallest absolute Gasteiger partial charge is 0.240 e. The summed E-state index contributed by atoms with van der Waals surface area (Å²) in [5, 5.41) is 3.00. The first-order chi connectivity index (χ1) is 7.06.